The lowest BCUT2D eigenvalue weighted by molar-refractivity contribution is -0.122. The van der Waals surface area contributed by atoms with Gasteiger partial charge >= 0.3 is 0 Å². The van der Waals surface area contributed by atoms with Crippen LogP contribution in [0.2, 0.25) is 0 Å². The van der Waals surface area contributed by atoms with Crippen LogP contribution in [-0.2, 0) is 11.2 Å². The number of carbonyl (C=O) groups excluding carboxylic acids is 1. The summed E-state index contributed by atoms with van der Waals surface area (Å²) in [6.45, 7) is 1.49. The predicted molar refractivity (Wildman–Crippen MR) is 72.7 cm³/mol. The fourth-order valence-electron chi connectivity index (χ4n) is 2.15. The Labute approximate surface area is 111 Å². The van der Waals surface area contributed by atoms with Crippen LogP contribution in [-0.4, -0.2) is 36.2 Å². The van der Waals surface area contributed by atoms with Crippen molar-refractivity contribution in [3.63, 3.8) is 0 Å². The molecule has 1 saturated heterocycles. The Morgan fingerprint density at radius 1 is 1.61 bits per heavy atom. The number of thiophene rings is 1. The molecule has 100 valence electrons. The molecule has 1 aliphatic rings. The van der Waals surface area contributed by atoms with Gasteiger partial charge in [0.05, 0.1) is 12.1 Å². The quantitative estimate of drug-likeness (QED) is 0.744. The van der Waals surface area contributed by atoms with E-state index < -0.39 is 6.10 Å². The third-order valence-electron chi connectivity index (χ3n) is 3.20. The number of rotatable bonds is 5. The molecule has 1 amide bonds. The van der Waals surface area contributed by atoms with Crippen LogP contribution in [0.5, 0.6) is 0 Å². The van der Waals surface area contributed by atoms with Crippen molar-refractivity contribution in [1.29, 1.82) is 0 Å². The maximum absolute atomic E-state index is 11.7. The van der Waals surface area contributed by atoms with Crippen LogP contribution in [0.3, 0.4) is 0 Å². The van der Waals surface area contributed by atoms with E-state index in [9.17, 15) is 9.90 Å². The molecule has 1 fully saturated rings. The average Bonchev–Trinajstić information content (AvgIpc) is 2.85. The van der Waals surface area contributed by atoms with Crippen molar-refractivity contribution < 1.29 is 9.90 Å². The zero-order valence-corrected chi connectivity index (χ0v) is 11.2. The van der Waals surface area contributed by atoms with E-state index in [0.29, 0.717) is 19.4 Å². The topological polar surface area (TPSA) is 61.4 Å². The second-order valence-corrected chi connectivity index (χ2v) is 5.70. The standard InChI is InChI=1S/C13H20N2O2S/c16-12-6-7-14-9-11(12)15-13(17)5-1-3-10-4-2-8-18-10/h2,4,8,11-12,14,16H,1,3,5-7,9H2,(H,15,17). The van der Waals surface area contributed by atoms with Gasteiger partial charge in [0, 0.05) is 17.8 Å². The van der Waals surface area contributed by atoms with E-state index in [0.717, 1.165) is 19.4 Å². The summed E-state index contributed by atoms with van der Waals surface area (Å²) in [5.74, 6) is 0.0410. The molecule has 3 N–H and O–H groups in total. The number of nitrogens with one attached hydrogen (secondary N) is 2. The summed E-state index contributed by atoms with van der Waals surface area (Å²) in [4.78, 5) is 13.1. The fourth-order valence-corrected chi connectivity index (χ4v) is 2.90. The maximum Gasteiger partial charge on any atom is 0.220 e. The number of aliphatic hydroxyl groups excluding tert-OH is 1. The van der Waals surface area contributed by atoms with Gasteiger partial charge in [-0.15, -0.1) is 11.3 Å². The predicted octanol–water partition coefficient (Wildman–Crippen LogP) is 0.910. The molecule has 0 bridgehead atoms. The largest absolute Gasteiger partial charge is 0.391 e. The van der Waals surface area contributed by atoms with E-state index in [1.807, 2.05) is 6.07 Å². The van der Waals surface area contributed by atoms with Gasteiger partial charge in [0.25, 0.3) is 0 Å². The van der Waals surface area contributed by atoms with Crippen molar-refractivity contribution in [1.82, 2.24) is 10.6 Å². The highest BCUT2D eigenvalue weighted by molar-refractivity contribution is 7.09. The molecule has 0 saturated carbocycles. The van der Waals surface area contributed by atoms with Crippen molar-refractivity contribution in [2.75, 3.05) is 13.1 Å². The van der Waals surface area contributed by atoms with E-state index in [-0.39, 0.29) is 11.9 Å². The number of carbonyl (C=O) groups is 1. The van der Waals surface area contributed by atoms with E-state index in [4.69, 9.17) is 0 Å². The zero-order valence-electron chi connectivity index (χ0n) is 10.4. The zero-order chi connectivity index (χ0) is 12.8. The summed E-state index contributed by atoms with van der Waals surface area (Å²) in [6.07, 6.45) is 2.65. The number of amides is 1. The number of piperidine rings is 1. The Bertz CT molecular complexity index is 367. The summed E-state index contributed by atoms with van der Waals surface area (Å²) in [6, 6.07) is 4.00. The van der Waals surface area contributed by atoms with Gasteiger partial charge in [0.1, 0.15) is 0 Å². The van der Waals surface area contributed by atoms with Crippen LogP contribution in [0.25, 0.3) is 0 Å². The lowest BCUT2D eigenvalue weighted by Gasteiger charge is -2.29. The van der Waals surface area contributed by atoms with Crippen molar-refractivity contribution >= 4 is 17.2 Å². The van der Waals surface area contributed by atoms with Crippen molar-refractivity contribution in [3.8, 4) is 0 Å². The Kier molecular flexibility index (Phi) is 5.16. The molecule has 0 radical (unpaired) electrons. The van der Waals surface area contributed by atoms with Crippen molar-refractivity contribution in [3.05, 3.63) is 22.4 Å². The van der Waals surface area contributed by atoms with Crippen LogP contribution < -0.4 is 10.6 Å². The molecule has 2 unspecified atom stereocenters. The summed E-state index contributed by atoms with van der Waals surface area (Å²) < 4.78 is 0. The molecule has 1 aromatic rings. The summed E-state index contributed by atoms with van der Waals surface area (Å²) >= 11 is 1.73. The van der Waals surface area contributed by atoms with Crippen LogP contribution >= 0.6 is 11.3 Å². The molecular weight excluding hydrogens is 248 g/mol. The molecule has 2 heterocycles. The molecule has 5 heteroatoms. The molecular formula is C13H20N2O2S. The minimum atomic E-state index is -0.410. The van der Waals surface area contributed by atoms with E-state index in [2.05, 4.69) is 22.1 Å². The minimum absolute atomic E-state index is 0.0410. The highest BCUT2D eigenvalue weighted by atomic mass is 32.1. The highest BCUT2D eigenvalue weighted by Crippen LogP contribution is 2.12. The lowest BCUT2D eigenvalue weighted by atomic mass is 10.0. The van der Waals surface area contributed by atoms with Gasteiger partial charge in [0.2, 0.25) is 5.91 Å². The summed E-state index contributed by atoms with van der Waals surface area (Å²) in [5.41, 5.74) is 0. The first-order chi connectivity index (χ1) is 8.75. The van der Waals surface area contributed by atoms with Gasteiger partial charge in [-0.1, -0.05) is 6.07 Å². The Morgan fingerprint density at radius 2 is 2.50 bits per heavy atom. The van der Waals surface area contributed by atoms with E-state index in [1.165, 1.54) is 4.88 Å². The van der Waals surface area contributed by atoms with Gasteiger partial charge < -0.3 is 15.7 Å². The third-order valence-corrected chi connectivity index (χ3v) is 4.14. The van der Waals surface area contributed by atoms with Crippen molar-refractivity contribution in [2.45, 2.75) is 37.8 Å². The van der Waals surface area contributed by atoms with Gasteiger partial charge in [-0.3, -0.25) is 4.79 Å². The molecule has 0 aromatic carbocycles. The van der Waals surface area contributed by atoms with Gasteiger partial charge in [0.15, 0.2) is 0 Å². The van der Waals surface area contributed by atoms with Gasteiger partial charge in [-0.25, -0.2) is 0 Å². The van der Waals surface area contributed by atoms with Gasteiger partial charge in [-0.05, 0) is 37.3 Å². The normalized spacial score (nSPS) is 23.8. The summed E-state index contributed by atoms with van der Waals surface area (Å²) in [5, 5.41) is 17.9. The monoisotopic (exact) mass is 268 g/mol. The summed E-state index contributed by atoms with van der Waals surface area (Å²) in [7, 11) is 0. The first-order valence-electron chi connectivity index (χ1n) is 6.46. The molecule has 0 aliphatic carbocycles. The number of aliphatic hydroxyl groups is 1. The first kappa shape index (κ1) is 13.5. The number of hydrogen-bond donors (Lipinski definition) is 3. The second-order valence-electron chi connectivity index (χ2n) is 4.67. The second kappa shape index (κ2) is 6.87. The first-order valence-corrected chi connectivity index (χ1v) is 7.34. The third kappa shape index (κ3) is 4.08. The molecule has 18 heavy (non-hydrogen) atoms. The van der Waals surface area contributed by atoms with Crippen LogP contribution in [0.15, 0.2) is 17.5 Å². The maximum atomic E-state index is 11.7. The Hall–Kier alpha value is -0.910. The highest BCUT2D eigenvalue weighted by Gasteiger charge is 2.23. The van der Waals surface area contributed by atoms with Crippen molar-refractivity contribution in [2.24, 2.45) is 0 Å². The molecule has 2 atom stereocenters. The molecule has 1 aromatic heterocycles. The molecule has 2 rings (SSSR count). The Balaban J connectivity index is 1.65. The van der Waals surface area contributed by atoms with Gasteiger partial charge in [-0.2, -0.15) is 0 Å². The molecule has 4 nitrogen and oxygen atoms in total. The SMILES string of the molecule is O=C(CCCc1cccs1)NC1CNCCC1O. The van der Waals surface area contributed by atoms with E-state index >= 15 is 0 Å². The fraction of sp³-hybridized carbons (Fsp3) is 0.615. The average molecular weight is 268 g/mol. The van der Waals surface area contributed by atoms with E-state index in [1.54, 1.807) is 11.3 Å². The smallest absolute Gasteiger partial charge is 0.220 e. The lowest BCUT2D eigenvalue weighted by Crippen LogP contribution is -2.53. The molecule has 0 spiro atoms. The Morgan fingerprint density at radius 3 is 3.22 bits per heavy atom. The van der Waals surface area contributed by atoms with Crippen LogP contribution in [0.4, 0.5) is 0 Å². The number of hydrogen-bond acceptors (Lipinski definition) is 4. The minimum Gasteiger partial charge on any atom is -0.391 e. The van der Waals surface area contributed by atoms with Crippen LogP contribution in [0.1, 0.15) is 24.1 Å². The van der Waals surface area contributed by atoms with Crippen LogP contribution in [0, 0.1) is 0 Å². The molecule has 1 aliphatic heterocycles. The number of aryl methyl sites for hydroxylation is 1.